The van der Waals surface area contributed by atoms with E-state index in [1.54, 1.807) is 6.20 Å². The highest BCUT2D eigenvalue weighted by atomic mass is 16.6. The van der Waals surface area contributed by atoms with Crippen LogP contribution in [0.1, 0.15) is 5.56 Å². The third kappa shape index (κ3) is 0.739. The lowest BCUT2D eigenvalue weighted by molar-refractivity contribution is 0.239. The van der Waals surface area contributed by atoms with Gasteiger partial charge in [0.05, 0.1) is 0 Å². The number of hydrogen-bond donors (Lipinski definition) is 1. The van der Waals surface area contributed by atoms with Gasteiger partial charge < -0.3 is 4.84 Å². The molecule has 0 amide bonds. The highest BCUT2D eigenvalue weighted by Crippen LogP contribution is 2.19. The molecule has 2 rings (SSSR count). The third-order valence-corrected chi connectivity index (χ3v) is 1.35. The van der Waals surface area contributed by atoms with Gasteiger partial charge in [-0.2, -0.15) is 0 Å². The molecule has 1 radical (unpaired) electrons. The fourth-order valence-electron chi connectivity index (χ4n) is 0.874. The number of hydrogen-bond acceptors (Lipinski definition) is 2. The Balaban J connectivity index is 2.54. The van der Waals surface area contributed by atoms with Crippen molar-refractivity contribution >= 4 is 6.08 Å². The molecule has 1 aromatic rings. The molecular weight excluding hydrogens is 126 g/mol. The molecule has 0 aliphatic carbocycles. The Morgan fingerprint density at radius 2 is 2.50 bits per heavy atom. The maximum atomic E-state index is 5.07. The Hall–Kier alpha value is -1.44. The number of fused-ring (bicyclic) bond motifs is 1. The first-order valence-electron chi connectivity index (χ1n) is 3.06. The molecule has 10 heavy (non-hydrogen) atoms. The summed E-state index contributed by atoms with van der Waals surface area (Å²) in [6.45, 7) is 0. The third-order valence-electron chi connectivity index (χ3n) is 1.35. The molecule has 0 atom stereocenters. The van der Waals surface area contributed by atoms with E-state index >= 15 is 0 Å². The van der Waals surface area contributed by atoms with E-state index in [0.29, 0.717) is 0 Å². The molecule has 1 aliphatic heterocycles. The number of benzene rings is 1. The van der Waals surface area contributed by atoms with Gasteiger partial charge in [-0.15, -0.1) is 0 Å². The van der Waals surface area contributed by atoms with E-state index in [0.717, 1.165) is 11.3 Å². The Kier molecular flexibility index (Phi) is 1.10. The summed E-state index contributed by atoms with van der Waals surface area (Å²) in [6, 6.07) is 8.53. The molecule has 0 spiro atoms. The lowest BCUT2D eigenvalue weighted by Gasteiger charge is -2.10. The van der Waals surface area contributed by atoms with Gasteiger partial charge in [0.15, 0.2) is 5.75 Å². The molecule has 2 nitrogen and oxygen atoms in total. The number of hydroxylamine groups is 1. The summed E-state index contributed by atoms with van der Waals surface area (Å²) >= 11 is 0. The molecule has 0 saturated carbocycles. The van der Waals surface area contributed by atoms with Gasteiger partial charge in [0.2, 0.25) is 0 Å². The molecule has 1 heterocycles. The SMILES string of the molecule is [c]1ccc2c(c1)C=CNO2. The minimum absolute atomic E-state index is 0.848. The van der Waals surface area contributed by atoms with E-state index in [4.69, 9.17) is 4.84 Å². The minimum atomic E-state index is 0.848. The largest absolute Gasteiger partial charge is 0.382 e. The minimum Gasteiger partial charge on any atom is -0.382 e. The summed E-state index contributed by atoms with van der Waals surface area (Å²) in [5, 5.41) is 0. The summed E-state index contributed by atoms with van der Waals surface area (Å²) in [4.78, 5) is 5.07. The van der Waals surface area contributed by atoms with Crippen molar-refractivity contribution in [1.82, 2.24) is 5.48 Å². The molecule has 49 valence electrons. The van der Waals surface area contributed by atoms with Gasteiger partial charge in [-0.25, -0.2) is 5.48 Å². The second kappa shape index (κ2) is 2.06. The van der Waals surface area contributed by atoms with Crippen LogP contribution in [0.15, 0.2) is 24.4 Å². The van der Waals surface area contributed by atoms with Crippen LogP contribution in [0.5, 0.6) is 5.75 Å². The van der Waals surface area contributed by atoms with Crippen LogP contribution in [0.2, 0.25) is 0 Å². The lowest BCUT2D eigenvalue weighted by Crippen LogP contribution is -2.13. The molecule has 1 aliphatic rings. The predicted molar refractivity (Wildman–Crippen MR) is 38.1 cm³/mol. The van der Waals surface area contributed by atoms with Crippen LogP contribution in [0.4, 0.5) is 0 Å². The standard InChI is InChI=1S/C8H6NO/c1-2-4-8-7(3-1)5-6-9-10-8/h2-6,9H. The van der Waals surface area contributed by atoms with Crippen LogP contribution >= 0.6 is 0 Å². The monoisotopic (exact) mass is 132 g/mol. The van der Waals surface area contributed by atoms with Gasteiger partial charge in [0, 0.05) is 11.8 Å². The van der Waals surface area contributed by atoms with Crippen molar-refractivity contribution in [1.29, 1.82) is 0 Å². The normalized spacial score (nSPS) is 13.2. The Bertz CT molecular complexity index is 268. The smallest absolute Gasteiger partial charge is 0.162 e. The van der Waals surface area contributed by atoms with Crippen LogP contribution < -0.4 is 10.3 Å². The highest BCUT2D eigenvalue weighted by molar-refractivity contribution is 5.57. The quantitative estimate of drug-likeness (QED) is 0.575. The molecule has 1 aromatic carbocycles. The average molecular weight is 132 g/mol. The predicted octanol–water partition coefficient (Wildman–Crippen LogP) is 1.35. The fraction of sp³-hybridized carbons (Fsp3) is 0. The molecule has 2 heteroatoms. The summed E-state index contributed by atoms with van der Waals surface area (Å²) in [7, 11) is 0. The first-order chi connectivity index (χ1) is 4.97. The summed E-state index contributed by atoms with van der Waals surface area (Å²) in [5.74, 6) is 0.848. The van der Waals surface area contributed by atoms with Crippen molar-refractivity contribution in [2.75, 3.05) is 0 Å². The zero-order valence-corrected chi connectivity index (χ0v) is 5.29. The maximum absolute atomic E-state index is 5.07. The molecule has 1 N–H and O–H groups in total. The van der Waals surface area contributed by atoms with E-state index in [9.17, 15) is 0 Å². The first kappa shape index (κ1) is 5.35. The van der Waals surface area contributed by atoms with Crippen LogP contribution in [0.3, 0.4) is 0 Å². The van der Waals surface area contributed by atoms with Crippen molar-refractivity contribution in [3.05, 3.63) is 36.0 Å². The number of rotatable bonds is 0. The summed E-state index contributed by atoms with van der Waals surface area (Å²) in [5.41, 5.74) is 3.70. The molecule has 0 saturated heterocycles. The topological polar surface area (TPSA) is 21.3 Å². The lowest BCUT2D eigenvalue weighted by atomic mass is 10.2. The first-order valence-corrected chi connectivity index (χ1v) is 3.06. The van der Waals surface area contributed by atoms with Crippen molar-refractivity contribution in [2.45, 2.75) is 0 Å². The fourth-order valence-corrected chi connectivity index (χ4v) is 0.874. The van der Waals surface area contributed by atoms with Crippen LogP contribution in [-0.4, -0.2) is 0 Å². The van der Waals surface area contributed by atoms with E-state index in [1.165, 1.54) is 0 Å². The van der Waals surface area contributed by atoms with Crippen molar-refractivity contribution < 1.29 is 4.84 Å². The molecule has 0 bridgehead atoms. The molecule has 0 unspecified atom stereocenters. The van der Waals surface area contributed by atoms with E-state index < -0.39 is 0 Å². The Morgan fingerprint density at radius 1 is 1.50 bits per heavy atom. The van der Waals surface area contributed by atoms with E-state index in [2.05, 4.69) is 11.5 Å². The maximum Gasteiger partial charge on any atom is 0.162 e. The second-order valence-electron chi connectivity index (χ2n) is 2.02. The van der Waals surface area contributed by atoms with Gasteiger partial charge in [-0.05, 0) is 24.3 Å². The highest BCUT2D eigenvalue weighted by Gasteiger charge is 2.01. The molecule has 0 fully saturated rings. The van der Waals surface area contributed by atoms with Gasteiger partial charge in [-0.1, -0.05) is 6.07 Å². The second-order valence-corrected chi connectivity index (χ2v) is 2.02. The Labute approximate surface area is 59.1 Å². The molecular formula is C8H6NO. The van der Waals surface area contributed by atoms with Crippen molar-refractivity contribution in [3.8, 4) is 5.75 Å². The summed E-state index contributed by atoms with van der Waals surface area (Å²) in [6.07, 6.45) is 3.69. The van der Waals surface area contributed by atoms with Gasteiger partial charge >= 0.3 is 0 Å². The van der Waals surface area contributed by atoms with Gasteiger partial charge in [0.25, 0.3) is 0 Å². The summed E-state index contributed by atoms with van der Waals surface area (Å²) < 4.78 is 0. The Morgan fingerprint density at radius 3 is 3.40 bits per heavy atom. The van der Waals surface area contributed by atoms with Crippen molar-refractivity contribution in [3.63, 3.8) is 0 Å². The van der Waals surface area contributed by atoms with E-state index in [-0.39, 0.29) is 0 Å². The average Bonchev–Trinajstić information content (AvgIpc) is 2.05. The molecule has 0 aromatic heterocycles. The van der Waals surface area contributed by atoms with Crippen LogP contribution in [0, 0.1) is 6.07 Å². The van der Waals surface area contributed by atoms with Crippen molar-refractivity contribution in [2.24, 2.45) is 0 Å². The zero-order valence-electron chi connectivity index (χ0n) is 5.29. The van der Waals surface area contributed by atoms with Crippen LogP contribution in [0.25, 0.3) is 6.08 Å². The zero-order chi connectivity index (χ0) is 6.81. The van der Waals surface area contributed by atoms with Gasteiger partial charge in [-0.3, -0.25) is 0 Å². The van der Waals surface area contributed by atoms with E-state index in [1.807, 2.05) is 24.3 Å². The number of nitrogens with one attached hydrogen (secondary N) is 1. The van der Waals surface area contributed by atoms with Crippen LogP contribution in [-0.2, 0) is 0 Å². The van der Waals surface area contributed by atoms with Gasteiger partial charge in [0.1, 0.15) is 0 Å².